The van der Waals surface area contributed by atoms with Crippen molar-refractivity contribution in [3.8, 4) is 0 Å². The minimum atomic E-state index is 0.362. The maximum Gasteiger partial charge on any atom is 0.128 e. The summed E-state index contributed by atoms with van der Waals surface area (Å²) in [6.07, 6.45) is 1.46. The number of aromatic nitrogens is 1. The van der Waals surface area contributed by atoms with Crippen molar-refractivity contribution in [2.24, 2.45) is 0 Å². The number of methoxy groups -OCH3 is 1. The summed E-state index contributed by atoms with van der Waals surface area (Å²) < 4.78 is 5.32. The molecular formula is C11H15N2O. The van der Waals surface area contributed by atoms with E-state index in [1.165, 1.54) is 0 Å². The van der Waals surface area contributed by atoms with Gasteiger partial charge in [0.05, 0.1) is 6.10 Å². The third kappa shape index (κ3) is 1.87. The molecule has 1 aliphatic heterocycles. The van der Waals surface area contributed by atoms with Gasteiger partial charge in [-0.1, -0.05) is 0 Å². The Bertz CT molecular complexity index is 314. The first-order valence-corrected chi connectivity index (χ1v) is 4.92. The van der Waals surface area contributed by atoms with Crippen LogP contribution in [0.5, 0.6) is 0 Å². The molecule has 1 saturated heterocycles. The minimum absolute atomic E-state index is 0.362. The van der Waals surface area contributed by atoms with Gasteiger partial charge < -0.3 is 9.64 Å². The molecule has 2 heterocycles. The smallest absolute Gasteiger partial charge is 0.128 e. The summed E-state index contributed by atoms with van der Waals surface area (Å²) in [6, 6.07) is 6.98. The van der Waals surface area contributed by atoms with E-state index in [1.807, 2.05) is 19.1 Å². The third-order valence-corrected chi connectivity index (χ3v) is 2.61. The summed E-state index contributed by atoms with van der Waals surface area (Å²) in [5.74, 6) is 1.04. The van der Waals surface area contributed by atoms with Gasteiger partial charge in [0.15, 0.2) is 0 Å². The molecular weight excluding hydrogens is 176 g/mol. The summed E-state index contributed by atoms with van der Waals surface area (Å²) in [6.45, 7) is 3.95. The predicted octanol–water partition coefficient (Wildman–Crippen LogP) is 1.42. The van der Waals surface area contributed by atoms with Gasteiger partial charge in [0.2, 0.25) is 0 Å². The molecule has 1 aromatic rings. The first kappa shape index (κ1) is 9.46. The van der Waals surface area contributed by atoms with Gasteiger partial charge in [-0.2, -0.15) is 0 Å². The lowest BCUT2D eigenvalue weighted by Crippen LogP contribution is -2.23. The highest BCUT2D eigenvalue weighted by Gasteiger charge is 2.22. The molecule has 1 fully saturated rings. The van der Waals surface area contributed by atoms with Gasteiger partial charge >= 0.3 is 0 Å². The Morgan fingerprint density at radius 2 is 2.50 bits per heavy atom. The molecule has 0 spiro atoms. The van der Waals surface area contributed by atoms with Crippen molar-refractivity contribution in [1.82, 2.24) is 4.98 Å². The van der Waals surface area contributed by atoms with Crippen LogP contribution in [0, 0.1) is 13.0 Å². The molecule has 2 rings (SSSR count). The Morgan fingerprint density at radius 3 is 3.14 bits per heavy atom. The number of rotatable bonds is 2. The van der Waals surface area contributed by atoms with Gasteiger partial charge in [0, 0.05) is 32.0 Å². The van der Waals surface area contributed by atoms with E-state index in [0.717, 1.165) is 31.0 Å². The van der Waals surface area contributed by atoms with Gasteiger partial charge in [-0.05, 0) is 25.5 Å². The van der Waals surface area contributed by atoms with E-state index in [4.69, 9.17) is 4.74 Å². The van der Waals surface area contributed by atoms with Crippen molar-refractivity contribution in [3.05, 3.63) is 23.9 Å². The van der Waals surface area contributed by atoms with Crippen LogP contribution >= 0.6 is 0 Å². The molecule has 0 aliphatic carbocycles. The monoisotopic (exact) mass is 191 g/mol. The average Bonchev–Trinajstić information content (AvgIpc) is 2.66. The van der Waals surface area contributed by atoms with Gasteiger partial charge in [0.1, 0.15) is 5.82 Å². The largest absolute Gasteiger partial charge is 0.380 e. The van der Waals surface area contributed by atoms with Crippen molar-refractivity contribution in [2.75, 3.05) is 25.1 Å². The van der Waals surface area contributed by atoms with Crippen LogP contribution < -0.4 is 4.90 Å². The van der Waals surface area contributed by atoms with Crippen molar-refractivity contribution >= 4 is 5.82 Å². The first-order chi connectivity index (χ1) is 6.79. The Morgan fingerprint density at radius 1 is 1.64 bits per heavy atom. The third-order valence-electron chi connectivity index (χ3n) is 2.61. The molecule has 1 radical (unpaired) electrons. The molecule has 1 atom stereocenters. The number of hydrogen-bond acceptors (Lipinski definition) is 3. The number of anilines is 1. The zero-order valence-corrected chi connectivity index (χ0v) is 8.66. The normalized spacial score (nSPS) is 21.6. The molecule has 0 bridgehead atoms. The number of nitrogens with zero attached hydrogens (tertiary/aromatic N) is 2. The van der Waals surface area contributed by atoms with Crippen LogP contribution in [0.15, 0.2) is 12.1 Å². The average molecular weight is 191 g/mol. The fourth-order valence-electron chi connectivity index (χ4n) is 1.78. The Kier molecular flexibility index (Phi) is 2.68. The number of hydrogen-bond donors (Lipinski definition) is 0. The maximum absolute atomic E-state index is 5.32. The van der Waals surface area contributed by atoms with Crippen LogP contribution in [0.1, 0.15) is 12.1 Å². The second kappa shape index (κ2) is 3.96. The van der Waals surface area contributed by atoms with Crippen LogP contribution in [-0.2, 0) is 4.74 Å². The highest BCUT2D eigenvalue weighted by atomic mass is 16.5. The Balaban J connectivity index is 2.09. The Hall–Kier alpha value is -1.09. The van der Waals surface area contributed by atoms with Crippen LogP contribution in [-0.4, -0.2) is 31.3 Å². The van der Waals surface area contributed by atoms with Crippen LogP contribution in [0.4, 0.5) is 5.82 Å². The zero-order valence-electron chi connectivity index (χ0n) is 8.66. The van der Waals surface area contributed by atoms with E-state index in [-0.39, 0.29) is 0 Å². The molecule has 0 N–H and O–H groups in total. The summed E-state index contributed by atoms with van der Waals surface area (Å²) >= 11 is 0. The summed E-state index contributed by atoms with van der Waals surface area (Å²) in [4.78, 5) is 6.70. The van der Waals surface area contributed by atoms with E-state index in [0.29, 0.717) is 6.10 Å². The zero-order chi connectivity index (χ0) is 9.97. The van der Waals surface area contributed by atoms with E-state index >= 15 is 0 Å². The van der Waals surface area contributed by atoms with E-state index in [2.05, 4.69) is 16.0 Å². The topological polar surface area (TPSA) is 25.4 Å². The molecule has 1 unspecified atom stereocenters. The summed E-state index contributed by atoms with van der Waals surface area (Å²) in [5.41, 5.74) is 0.948. The molecule has 14 heavy (non-hydrogen) atoms. The second-order valence-corrected chi connectivity index (χ2v) is 3.63. The van der Waals surface area contributed by atoms with Crippen molar-refractivity contribution in [3.63, 3.8) is 0 Å². The molecule has 1 aromatic heterocycles. The van der Waals surface area contributed by atoms with Crippen molar-refractivity contribution < 1.29 is 4.74 Å². The fraction of sp³-hybridized carbons (Fsp3) is 0.545. The van der Waals surface area contributed by atoms with Crippen LogP contribution in [0.2, 0.25) is 0 Å². The highest BCUT2D eigenvalue weighted by molar-refractivity contribution is 5.40. The molecule has 0 amide bonds. The van der Waals surface area contributed by atoms with E-state index in [9.17, 15) is 0 Å². The van der Waals surface area contributed by atoms with Gasteiger partial charge in [0.25, 0.3) is 0 Å². The molecule has 3 heteroatoms. The lowest BCUT2D eigenvalue weighted by Gasteiger charge is -2.17. The van der Waals surface area contributed by atoms with Gasteiger partial charge in [-0.15, -0.1) is 0 Å². The lowest BCUT2D eigenvalue weighted by molar-refractivity contribution is 0.121. The summed E-state index contributed by atoms with van der Waals surface area (Å²) in [5, 5.41) is 0. The maximum atomic E-state index is 5.32. The first-order valence-electron chi connectivity index (χ1n) is 4.92. The lowest BCUT2D eigenvalue weighted by atomic mass is 10.3. The number of ether oxygens (including phenoxy) is 1. The summed E-state index contributed by atoms with van der Waals surface area (Å²) in [7, 11) is 1.77. The van der Waals surface area contributed by atoms with Crippen LogP contribution in [0.25, 0.3) is 0 Å². The number of aryl methyl sites for hydroxylation is 1. The molecule has 3 nitrogen and oxygen atoms in total. The van der Waals surface area contributed by atoms with E-state index in [1.54, 1.807) is 7.11 Å². The second-order valence-electron chi connectivity index (χ2n) is 3.63. The van der Waals surface area contributed by atoms with Crippen molar-refractivity contribution in [2.45, 2.75) is 19.4 Å². The molecule has 0 aromatic carbocycles. The number of pyridine rings is 1. The predicted molar refractivity (Wildman–Crippen MR) is 55.4 cm³/mol. The molecule has 1 aliphatic rings. The van der Waals surface area contributed by atoms with E-state index < -0.39 is 0 Å². The molecule has 75 valence electrons. The fourth-order valence-corrected chi connectivity index (χ4v) is 1.78. The quantitative estimate of drug-likeness (QED) is 0.707. The molecule has 0 saturated carbocycles. The standard InChI is InChI=1S/C11H15N2O/c1-9-4-3-5-11(12-9)13-7-6-10(8-13)14-2/h3,5,10H,6-8H2,1-2H3. The SMILES string of the molecule is COC1CCN(c2cc[c]c(C)n2)C1. The van der Waals surface area contributed by atoms with Gasteiger partial charge in [-0.3, -0.25) is 0 Å². The van der Waals surface area contributed by atoms with Gasteiger partial charge in [-0.25, -0.2) is 4.98 Å². The van der Waals surface area contributed by atoms with Crippen molar-refractivity contribution in [1.29, 1.82) is 0 Å². The highest BCUT2D eigenvalue weighted by Crippen LogP contribution is 2.19. The van der Waals surface area contributed by atoms with Crippen LogP contribution in [0.3, 0.4) is 0 Å². The Labute approximate surface area is 84.7 Å². The minimum Gasteiger partial charge on any atom is -0.380 e.